The van der Waals surface area contributed by atoms with Gasteiger partial charge in [-0.1, -0.05) is 52.8 Å². The average Bonchev–Trinajstić information content (AvgIpc) is 3.08. The predicted octanol–water partition coefficient (Wildman–Crippen LogP) is 6.07. The Bertz CT molecular complexity index is 1380. The number of nitrogens with one attached hydrogen (secondary N) is 3. The summed E-state index contributed by atoms with van der Waals surface area (Å²) in [6, 6.07) is 16.2. The number of amides is 1. The predicted molar refractivity (Wildman–Crippen MR) is 149 cm³/mol. The molecule has 7 nitrogen and oxygen atoms in total. The van der Waals surface area contributed by atoms with Crippen LogP contribution in [-0.2, 0) is 26.7 Å². The molecule has 4 rings (SSSR count). The Hall–Kier alpha value is -3.23. The van der Waals surface area contributed by atoms with E-state index in [9.17, 15) is 13.2 Å². The number of hydrogen-bond donors (Lipinski definition) is 3. The zero-order valence-electron chi connectivity index (χ0n) is 22.1. The summed E-state index contributed by atoms with van der Waals surface area (Å²) >= 11 is 0. The van der Waals surface area contributed by atoms with Crippen LogP contribution >= 0.6 is 0 Å². The zero-order valence-corrected chi connectivity index (χ0v) is 22.9. The van der Waals surface area contributed by atoms with Crippen LogP contribution < -0.4 is 15.4 Å². The maximum atomic E-state index is 13.2. The van der Waals surface area contributed by atoms with E-state index in [-0.39, 0.29) is 28.2 Å². The molecule has 1 unspecified atom stereocenters. The van der Waals surface area contributed by atoms with Gasteiger partial charge in [0.05, 0.1) is 10.6 Å². The van der Waals surface area contributed by atoms with Gasteiger partial charge in [-0.15, -0.1) is 0 Å². The second-order valence-electron chi connectivity index (χ2n) is 10.7. The number of hydrogen-bond acceptors (Lipinski definition) is 5. The smallest absolute Gasteiger partial charge is 0.241 e. The van der Waals surface area contributed by atoms with E-state index in [1.807, 2.05) is 57.2 Å². The van der Waals surface area contributed by atoms with Crippen LogP contribution in [0.5, 0.6) is 0 Å². The first-order chi connectivity index (χ1) is 17.5. The fourth-order valence-corrected chi connectivity index (χ4v) is 6.07. The molecule has 0 aliphatic heterocycles. The second kappa shape index (κ2) is 10.6. The van der Waals surface area contributed by atoms with Crippen molar-refractivity contribution in [3.8, 4) is 0 Å². The monoisotopic (exact) mass is 520 g/mol. The van der Waals surface area contributed by atoms with E-state index >= 15 is 0 Å². The molecule has 1 heterocycles. The number of sulfonamides is 1. The molecule has 8 heteroatoms. The molecule has 0 fully saturated rings. The molecule has 0 bridgehead atoms. The van der Waals surface area contributed by atoms with Crippen molar-refractivity contribution in [1.29, 1.82) is 0 Å². The number of rotatable bonds is 9. The van der Waals surface area contributed by atoms with E-state index in [0.717, 1.165) is 28.8 Å². The molecule has 1 aromatic heterocycles. The molecule has 0 radical (unpaired) electrons. The molecule has 3 aromatic rings. The van der Waals surface area contributed by atoms with Gasteiger partial charge in [-0.05, 0) is 77.3 Å². The molecule has 0 saturated carbocycles. The van der Waals surface area contributed by atoms with Gasteiger partial charge in [0.1, 0.15) is 0 Å². The number of nitrogens with zero attached hydrogens (tertiary/aromatic N) is 1. The van der Waals surface area contributed by atoms with Gasteiger partial charge in [0.2, 0.25) is 15.9 Å². The summed E-state index contributed by atoms with van der Waals surface area (Å²) in [5.74, 6) is 0.714. The quantitative estimate of drug-likeness (QED) is 0.318. The van der Waals surface area contributed by atoms with Crippen molar-refractivity contribution in [1.82, 2.24) is 9.71 Å². The van der Waals surface area contributed by atoms with Crippen LogP contribution in [0.15, 0.2) is 65.7 Å². The average molecular weight is 521 g/mol. The minimum absolute atomic E-state index is 0.0665. The lowest BCUT2D eigenvalue weighted by Crippen LogP contribution is -2.28. The Morgan fingerprint density at radius 1 is 1.11 bits per heavy atom. The molecule has 1 aliphatic rings. The summed E-state index contributed by atoms with van der Waals surface area (Å²) in [4.78, 5) is 17.0. The first-order valence-corrected chi connectivity index (χ1v) is 14.2. The zero-order chi connectivity index (χ0) is 26.8. The Balaban J connectivity index is 1.59. The molecular formula is C29H36N4O3S. The van der Waals surface area contributed by atoms with E-state index < -0.39 is 10.0 Å². The van der Waals surface area contributed by atoms with Crippen molar-refractivity contribution < 1.29 is 13.2 Å². The minimum atomic E-state index is -3.69. The Labute approximate surface area is 220 Å². The van der Waals surface area contributed by atoms with Crippen molar-refractivity contribution in [3.05, 3.63) is 77.5 Å². The number of aryl methyl sites for hydroxylation is 1. The number of pyridine rings is 1. The van der Waals surface area contributed by atoms with Gasteiger partial charge in [-0.25, -0.2) is 18.1 Å². The van der Waals surface area contributed by atoms with Crippen LogP contribution in [0.3, 0.4) is 0 Å². The fraction of sp³-hybridized carbons (Fsp3) is 0.379. The molecule has 37 heavy (non-hydrogen) atoms. The minimum Gasteiger partial charge on any atom is -0.338 e. The highest BCUT2D eigenvalue weighted by atomic mass is 32.2. The molecule has 196 valence electrons. The fourth-order valence-electron chi connectivity index (χ4n) is 4.85. The SMILES string of the molecule is CCc1ccc(S(=O)(=O)NC2CC(C)(C)c3ccc(Nc4ncccc4NC(=O)CC(C)C)cc32)cc1. The van der Waals surface area contributed by atoms with Crippen molar-refractivity contribution in [2.75, 3.05) is 10.6 Å². The highest BCUT2D eigenvalue weighted by Gasteiger charge is 2.39. The third-order valence-electron chi connectivity index (χ3n) is 6.75. The summed E-state index contributed by atoms with van der Waals surface area (Å²) in [5.41, 5.74) is 4.32. The van der Waals surface area contributed by atoms with Crippen LogP contribution in [0.2, 0.25) is 0 Å². The van der Waals surface area contributed by atoms with Crippen LogP contribution in [0, 0.1) is 5.92 Å². The molecule has 0 spiro atoms. The number of aromatic nitrogens is 1. The van der Waals surface area contributed by atoms with Gasteiger partial charge < -0.3 is 10.6 Å². The number of carbonyl (C=O) groups is 1. The lowest BCUT2D eigenvalue weighted by atomic mass is 9.86. The largest absolute Gasteiger partial charge is 0.338 e. The Morgan fingerprint density at radius 3 is 2.51 bits per heavy atom. The Kier molecular flexibility index (Phi) is 7.71. The molecule has 2 aromatic carbocycles. The lowest BCUT2D eigenvalue weighted by molar-refractivity contribution is -0.116. The van der Waals surface area contributed by atoms with Gasteiger partial charge >= 0.3 is 0 Å². The maximum Gasteiger partial charge on any atom is 0.241 e. The number of anilines is 3. The van der Waals surface area contributed by atoms with Crippen LogP contribution in [0.4, 0.5) is 17.2 Å². The third-order valence-corrected chi connectivity index (χ3v) is 8.24. The number of fused-ring (bicyclic) bond motifs is 1. The van der Waals surface area contributed by atoms with E-state index in [1.54, 1.807) is 24.4 Å². The number of carbonyl (C=O) groups excluding carboxylic acids is 1. The summed E-state index contributed by atoms with van der Waals surface area (Å²) in [7, 11) is -3.69. The van der Waals surface area contributed by atoms with Gasteiger partial charge in [0.15, 0.2) is 5.82 Å². The highest BCUT2D eigenvalue weighted by Crippen LogP contribution is 2.46. The molecule has 3 N–H and O–H groups in total. The maximum absolute atomic E-state index is 13.2. The second-order valence-corrected chi connectivity index (χ2v) is 12.4. The number of benzene rings is 2. The lowest BCUT2D eigenvalue weighted by Gasteiger charge is -2.19. The normalized spacial score (nSPS) is 16.4. The van der Waals surface area contributed by atoms with Gasteiger partial charge in [0, 0.05) is 24.3 Å². The van der Waals surface area contributed by atoms with Gasteiger partial charge in [-0.2, -0.15) is 0 Å². The van der Waals surface area contributed by atoms with E-state index in [0.29, 0.717) is 24.3 Å². The molecule has 1 amide bonds. The first kappa shape index (κ1) is 26.8. The van der Waals surface area contributed by atoms with Crippen LogP contribution in [0.1, 0.15) is 70.2 Å². The Morgan fingerprint density at radius 2 is 1.84 bits per heavy atom. The van der Waals surface area contributed by atoms with Crippen molar-refractivity contribution in [3.63, 3.8) is 0 Å². The van der Waals surface area contributed by atoms with Crippen LogP contribution in [0.25, 0.3) is 0 Å². The summed E-state index contributed by atoms with van der Waals surface area (Å²) in [6.07, 6.45) is 3.59. The van der Waals surface area contributed by atoms with Crippen LogP contribution in [-0.4, -0.2) is 19.3 Å². The topological polar surface area (TPSA) is 100 Å². The summed E-state index contributed by atoms with van der Waals surface area (Å²) < 4.78 is 29.4. The van der Waals surface area contributed by atoms with Crippen molar-refractivity contribution >= 4 is 33.1 Å². The van der Waals surface area contributed by atoms with Crippen molar-refractivity contribution in [2.45, 2.75) is 70.2 Å². The molecule has 1 atom stereocenters. The van der Waals surface area contributed by atoms with E-state index in [4.69, 9.17) is 0 Å². The highest BCUT2D eigenvalue weighted by molar-refractivity contribution is 7.89. The summed E-state index contributed by atoms with van der Waals surface area (Å²) in [6.45, 7) is 10.3. The standard InChI is InChI=1S/C29H36N4O3S/c1-6-20-9-12-22(13-10-20)37(35,36)33-26-18-29(4,5)24-14-11-21(17-23(24)26)31-28-25(8-7-15-30-28)32-27(34)16-19(2)3/h7-15,17,19,26,33H,6,16,18H2,1-5H3,(H,30,31)(H,32,34). The van der Waals surface area contributed by atoms with E-state index in [2.05, 4.69) is 34.2 Å². The first-order valence-electron chi connectivity index (χ1n) is 12.8. The van der Waals surface area contributed by atoms with Gasteiger partial charge in [-0.3, -0.25) is 4.79 Å². The molecule has 1 aliphatic carbocycles. The van der Waals surface area contributed by atoms with E-state index in [1.165, 1.54) is 0 Å². The molecular weight excluding hydrogens is 484 g/mol. The molecule has 0 saturated heterocycles. The third kappa shape index (κ3) is 6.19. The van der Waals surface area contributed by atoms with Gasteiger partial charge in [0.25, 0.3) is 0 Å². The summed E-state index contributed by atoms with van der Waals surface area (Å²) in [5, 5.41) is 6.25. The van der Waals surface area contributed by atoms with Crippen molar-refractivity contribution in [2.24, 2.45) is 5.92 Å².